The Kier molecular flexibility index (Phi) is 2.89. The summed E-state index contributed by atoms with van der Waals surface area (Å²) in [4.78, 5) is 22.7. The van der Waals surface area contributed by atoms with Gasteiger partial charge >= 0.3 is 0 Å². The van der Waals surface area contributed by atoms with Crippen LogP contribution in [0.25, 0.3) is 0 Å². The van der Waals surface area contributed by atoms with Crippen LogP contribution in [0.4, 0.5) is 0 Å². The van der Waals surface area contributed by atoms with Crippen LogP contribution in [0.1, 0.15) is 46.5 Å². The van der Waals surface area contributed by atoms with Gasteiger partial charge in [0.25, 0.3) is 0 Å². The lowest BCUT2D eigenvalue weighted by Crippen LogP contribution is -2.11. The highest BCUT2D eigenvalue weighted by atomic mass is 16.1. The van der Waals surface area contributed by atoms with E-state index in [1.54, 1.807) is 0 Å². The lowest BCUT2D eigenvalue weighted by molar-refractivity contribution is -0.128. The molecule has 74 valence electrons. The van der Waals surface area contributed by atoms with Gasteiger partial charge in [-0.2, -0.15) is 0 Å². The van der Waals surface area contributed by atoms with Crippen molar-refractivity contribution in [2.45, 2.75) is 46.5 Å². The number of carbonyl (C=O) groups excluding carboxylic acids is 2. The maximum atomic E-state index is 11.5. The summed E-state index contributed by atoms with van der Waals surface area (Å²) in [6.07, 6.45) is 2.53. The Morgan fingerprint density at radius 2 is 1.92 bits per heavy atom. The van der Waals surface area contributed by atoms with Gasteiger partial charge in [0.05, 0.1) is 6.42 Å². The lowest BCUT2D eigenvalue weighted by atomic mass is 10.0. The molecule has 0 amide bonds. The Bertz CT molecular complexity index is 228. The van der Waals surface area contributed by atoms with E-state index >= 15 is 0 Å². The predicted octanol–water partition coefficient (Wildman–Crippen LogP) is 2.36. The largest absolute Gasteiger partial charge is 0.299 e. The highest BCUT2D eigenvalue weighted by Gasteiger charge is 2.50. The van der Waals surface area contributed by atoms with Gasteiger partial charge in [-0.05, 0) is 18.3 Å². The molecule has 2 nitrogen and oxygen atoms in total. The highest BCUT2D eigenvalue weighted by molar-refractivity contribution is 6.01. The molecule has 0 radical (unpaired) electrons. The first-order valence-corrected chi connectivity index (χ1v) is 5.02. The number of carbonyl (C=O) groups is 2. The van der Waals surface area contributed by atoms with Crippen molar-refractivity contribution < 1.29 is 9.59 Å². The summed E-state index contributed by atoms with van der Waals surface area (Å²) in [5, 5.41) is 0. The summed E-state index contributed by atoms with van der Waals surface area (Å²) in [5.74, 6) is 0.423. The second-order valence-electron chi connectivity index (χ2n) is 4.68. The fourth-order valence-electron chi connectivity index (χ4n) is 1.70. The zero-order valence-electron chi connectivity index (χ0n) is 8.72. The Morgan fingerprint density at radius 3 is 2.31 bits per heavy atom. The number of hydrogen-bond donors (Lipinski definition) is 0. The summed E-state index contributed by atoms with van der Waals surface area (Å²) >= 11 is 0. The number of hydrogen-bond acceptors (Lipinski definition) is 2. The number of ketones is 2. The maximum Gasteiger partial charge on any atom is 0.143 e. The third-order valence-electron chi connectivity index (χ3n) is 2.80. The molecule has 1 atom stereocenters. The minimum absolute atomic E-state index is 0.107. The third-order valence-corrected chi connectivity index (χ3v) is 2.80. The molecule has 0 N–H and O–H groups in total. The van der Waals surface area contributed by atoms with Crippen LogP contribution in [0.3, 0.4) is 0 Å². The fourth-order valence-corrected chi connectivity index (χ4v) is 1.70. The minimum Gasteiger partial charge on any atom is -0.299 e. The van der Waals surface area contributed by atoms with Crippen LogP contribution in [0.5, 0.6) is 0 Å². The topological polar surface area (TPSA) is 34.1 Å². The van der Waals surface area contributed by atoms with E-state index < -0.39 is 0 Å². The predicted molar refractivity (Wildman–Crippen MR) is 51.4 cm³/mol. The first-order chi connectivity index (χ1) is 5.97. The van der Waals surface area contributed by atoms with Crippen molar-refractivity contribution in [3.05, 3.63) is 0 Å². The Balaban J connectivity index is 2.31. The molecular weight excluding hydrogens is 164 g/mol. The van der Waals surface area contributed by atoms with Crippen molar-refractivity contribution in [1.82, 2.24) is 0 Å². The lowest BCUT2D eigenvalue weighted by Gasteiger charge is -2.01. The Hall–Kier alpha value is -0.660. The molecule has 1 unspecified atom stereocenters. The van der Waals surface area contributed by atoms with Crippen molar-refractivity contribution in [2.75, 3.05) is 0 Å². The van der Waals surface area contributed by atoms with Gasteiger partial charge in [-0.3, -0.25) is 9.59 Å². The summed E-state index contributed by atoms with van der Waals surface area (Å²) in [6, 6.07) is 0. The summed E-state index contributed by atoms with van der Waals surface area (Å²) in [5.41, 5.74) is 0.170. The van der Waals surface area contributed by atoms with E-state index in [2.05, 4.69) is 13.8 Å². The van der Waals surface area contributed by atoms with Gasteiger partial charge in [0.15, 0.2) is 0 Å². The van der Waals surface area contributed by atoms with Crippen LogP contribution in [0, 0.1) is 11.3 Å². The van der Waals surface area contributed by atoms with Crippen LogP contribution in [-0.4, -0.2) is 11.6 Å². The third kappa shape index (κ3) is 2.64. The zero-order valence-corrected chi connectivity index (χ0v) is 8.72. The molecular formula is C11H18O2. The molecule has 1 saturated carbocycles. The normalized spacial score (nSPS) is 24.1. The number of Topliss-reactive ketones (excluding diaryl/α,β-unsaturated/α-hetero) is 2. The molecule has 13 heavy (non-hydrogen) atoms. The molecule has 2 heteroatoms. The summed E-state index contributed by atoms with van der Waals surface area (Å²) < 4.78 is 0. The fraction of sp³-hybridized carbons (Fsp3) is 0.818. The van der Waals surface area contributed by atoms with Gasteiger partial charge in [-0.25, -0.2) is 0 Å². The van der Waals surface area contributed by atoms with Crippen molar-refractivity contribution in [3.8, 4) is 0 Å². The van der Waals surface area contributed by atoms with Crippen molar-refractivity contribution >= 4 is 11.6 Å². The van der Waals surface area contributed by atoms with Gasteiger partial charge in [0, 0.05) is 12.3 Å². The molecule has 0 aliphatic heterocycles. The molecule has 1 aliphatic carbocycles. The van der Waals surface area contributed by atoms with Crippen LogP contribution in [0.15, 0.2) is 0 Å². The van der Waals surface area contributed by atoms with Gasteiger partial charge < -0.3 is 0 Å². The first kappa shape index (κ1) is 10.4. The summed E-state index contributed by atoms with van der Waals surface area (Å²) in [6.45, 7) is 6.13. The monoisotopic (exact) mass is 182 g/mol. The quantitative estimate of drug-likeness (QED) is 0.612. The Labute approximate surface area is 79.7 Å². The van der Waals surface area contributed by atoms with E-state index in [9.17, 15) is 9.59 Å². The average molecular weight is 182 g/mol. The van der Waals surface area contributed by atoms with E-state index in [4.69, 9.17) is 0 Å². The summed E-state index contributed by atoms with van der Waals surface area (Å²) in [7, 11) is 0. The standard InChI is InChI=1S/C11H18O2/c1-4-5-8(12)6-10(13)9-7-11(9,2)3/h9H,4-7H2,1-3H3. The molecule has 0 saturated heterocycles. The maximum absolute atomic E-state index is 11.5. The molecule has 1 rings (SSSR count). The number of rotatable bonds is 5. The van der Waals surface area contributed by atoms with Crippen molar-refractivity contribution in [2.24, 2.45) is 11.3 Å². The molecule has 1 aliphatic rings. The van der Waals surface area contributed by atoms with Gasteiger partial charge in [0.2, 0.25) is 0 Å². The molecule has 0 bridgehead atoms. The van der Waals surface area contributed by atoms with E-state index in [1.165, 1.54) is 0 Å². The average Bonchev–Trinajstić information content (AvgIpc) is 2.60. The van der Waals surface area contributed by atoms with Crippen molar-refractivity contribution in [1.29, 1.82) is 0 Å². The molecule has 0 spiro atoms. The Morgan fingerprint density at radius 1 is 1.38 bits per heavy atom. The molecule has 0 aromatic carbocycles. The second kappa shape index (κ2) is 3.60. The second-order valence-corrected chi connectivity index (χ2v) is 4.68. The van der Waals surface area contributed by atoms with Crippen LogP contribution >= 0.6 is 0 Å². The van der Waals surface area contributed by atoms with E-state index in [0.29, 0.717) is 6.42 Å². The highest BCUT2D eigenvalue weighted by Crippen LogP contribution is 2.52. The van der Waals surface area contributed by atoms with Crippen LogP contribution in [0.2, 0.25) is 0 Å². The van der Waals surface area contributed by atoms with Crippen molar-refractivity contribution in [3.63, 3.8) is 0 Å². The molecule has 0 aromatic rings. The van der Waals surface area contributed by atoms with Gasteiger partial charge in [-0.15, -0.1) is 0 Å². The molecule has 1 fully saturated rings. The van der Waals surface area contributed by atoms with Crippen LogP contribution < -0.4 is 0 Å². The van der Waals surface area contributed by atoms with E-state index in [1.807, 2.05) is 6.92 Å². The van der Waals surface area contributed by atoms with Gasteiger partial charge in [0.1, 0.15) is 11.6 Å². The van der Waals surface area contributed by atoms with Crippen LogP contribution in [-0.2, 0) is 9.59 Å². The first-order valence-electron chi connectivity index (χ1n) is 5.02. The smallest absolute Gasteiger partial charge is 0.143 e. The van der Waals surface area contributed by atoms with E-state index in [-0.39, 0.29) is 29.3 Å². The minimum atomic E-state index is 0.107. The SMILES string of the molecule is CCCC(=O)CC(=O)C1CC1(C)C. The molecule has 0 heterocycles. The van der Waals surface area contributed by atoms with Gasteiger partial charge in [-0.1, -0.05) is 20.8 Å². The molecule has 0 aromatic heterocycles. The van der Waals surface area contributed by atoms with E-state index in [0.717, 1.165) is 12.8 Å². The zero-order chi connectivity index (χ0) is 10.1.